The number of benzene rings is 1. The SMILES string of the molecule is Nc1nc2nnc(-c3ccccc3)nc2s1. The Balaban J connectivity index is 2.18. The van der Waals surface area contributed by atoms with Crippen LogP contribution in [0.25, 0.3) is 21.9 Å². The van der Waals surface area contributed by atoms with Gasteiger partial charge in [0.2, 0.25) is 5.65 Å². The lowest BCUT2D eigenvalue weighted by Gasteiger charge is -1.96. The number of fused-ring (bicyclic) bond motifs is 1. The van der Waals surface area contributed by atoms with Crippen molar-refractivity contribution in [3.05, 3.63) is 30.3 Å². The molecule has 0 radical (unpaired) electrons. The minimum Gasteiger partial charge on any atom is -0.375 e. The van der Waals surface area contributed by atoms with Gasteiger partial charge >= 0.3 is 0 Å². The summed E-state index contributed by atoms with van der Waals surface area (Å²) in [5.74, 6) is 0.594. The Morgan fingerprint density at radius 2 is 1.81 bits per heavy atom. The van der Waals surface area contributed by atoms with E-state index < -0.39 is 0 Å². The Kier molecular flexibility index (Phi) is 2.00. The molecule has 0 spiro atoms. The minimum absolute atomic E-state index is 0.460. The van der Waals surface area contributed by atoms with Gasteiger partial charge in [-0.1, -0.05) is 41.7 Å². The Hall–Kier alpha value is -2.08. The van der Waals surface area contributed by atoms with Crippen LogP contribution in [0.1, 0.15) is 0 Å². The maximum absolute atomic E-state index is 5.58. The van der Waals surface area contributed by atoms with Crippen LogP contribution < -0.4 is 5.73 Å². The number of hydrogen-bond donors (Lipinski definition) is 1. The summed E-state index contributed by atoms with van der Waals surface area (Å²) in [4.78, 5) is 9.09. The molecule has 16 heavy (non-hydrogen) atoms. The molecule has 0 saturated carbocycles. The van der Waals surface area contributed by atoms with Crippen LogP contribution in [0, 0.1) is 0 Å². The number of nitrogen functional groups attached to an aromatic ring is 1. The molecule has 2 aromatic heterocycles. The van der Waals surface area contributed by atoms with E-state index in [1.165, 1.54) is 11.3 Å². The average molecular weight is 229 g/mol. The molecule has 0 amide bonds. The second-order valence-corrected chi connectivity index (χ2v) is 4.19. The summed E-state index contributed by atoms with van der Waals surface area (Å²) in [5.41, 5.74) is 7.02. The van der Waals surface area contributed by atoms with Crippen molar-refractivity contribution in [2.45, 2.75) is 0 Å². The molecule has 0 atom stereocenters. The monoisotopic (exact) mass is 229 g/mol. The van der Waals surface area contributed by atoms with E-state index in [2.05, 4.69) is 20.2 Å². The van der Waals surface area contributed by atoms with E-state index >= 15 is 0 Å². The summed E-state index contributed by atoms with van der Waals surface area (Å²) in [7, 11) is 0. The minimum atomic E-state index is 0.460. The number of rotatable bonds is 1. The van der Waals surface area contributed by atoms with Gasteiger partial charge in [0.05, 0.1) is 0 Å². The largest absolute Gasteiger partial charge is 0.375 e. The molecule has 0 aliphatic carbocycles. The first-order chi connectivity index (χ1) is 7.83. The summed E-state index contributed by atoms with van der Waals surface area (Å²) in [6, 6.07) is 9.69. The van der Waals surface area contributed by atoms with Crippen molar-refractivity contribution in [1.29, 1.82) is 0 Å². The highest BCUT2D eigenvalue weighted by molar-refractivity contribution is 7.21. The number of thiazole rings is 1. The maximum atomic E-state index is 5.58. The van der Waals surface area contributed by atoms with E-state index in [4.69, 9.17) is 5.73 Å². The topological polar surface area (TPSA) is 77.6 Å². The first kappa shape index (κ1) is 9.17. The summed E-state index contributed by atoms with van der Waals surface area (Å²) in [5, 5.41) is 8.46. The molecule has 0 aliphatic heterocycles. The van der Waals surface area contributed by atoms with E-state index in [1.807, 2.05) is 30.3 Å². The fourth-order valence-corrected chi connectivity index (χ4v) is 2.02. The van der Waals surface area contributed by atoms with E-state index in [0.29, 0.717) is 21.4 Å². The van der Waals surface area contributed by atoms with E-state index in [1.54, 1.807) is 0 Å². The number of hydrogen-bond acceptors (Lipinski definition) is 6. The second kappa shape index (κ2) is 3.49. The van der Waals surface area contributed by atoms with Crippen molar-refractivity contribution in [3.63, 3.8) is 0 Å². The molecular formula is C10H7N5S. The number of anilines is 1. The van der Waals surface area contributed by atoms with Crippen molar-refractivity contribution < 1.29 is 0 Å². The molecule has 0 aliphatic rings. The van der Waals surface area contributed by atoms with Gasteiger partial charge in [0.15, 0.2) is 15.8 Å². The second-order valence-electron chi connectivity index (χ2n) is 3.18. The molecule has 0 fully saturated rings. The highest BCUT2D eigenvalue weighted by Gasteiger charge is 2.07. The van der Waals surface area contributed by atoms with Gasteiger partial charge in [0, 0.05) is 5.56 Å². The van der Waals surface area contributed by atoms with Crippen LogP contribution in [0.3, 0.4) is 0 Å². The van der Waals surface area contributed by atoms with Gasteiger partial charge in [-0.15, -0.1) is 10.2 Å². The molecule has 5 nitrogen and oxygen atoms in total. The summed E-state index contributed by atoms with van der Waals surface area (Å²) >= 11 is 1.31. The van der Waals surface area contributed by atoms with Gasteiger partial charge in [0.1, 0.15) is 0 Å². The lowest BCUT2D eigenvalue weighted by atomic mass is 10.2. The maximum Gasteiger partial charge on any atom is 0.213 e. The van der Waals surface area contributed by atoms with Crippen LogP contribution in [0.15, 0.2) is 30.3 Å². The van der Waals surface area contributed by atoms with Gasteiger partial charge in [-0.05, 0) is 0 Å². The van der Waals surface area contributed by atoms with Crippen molar-refractivity contribution in [2.75, 3.05) is 5.73 Å². The van der Waals surface area contributed by atoms with E-state index in [0.717, 1.165) is 5.56 Å². The molecule has 78 valence electrons. The van der Waals surface area contributed by atoms with Gasteiger partial charge in [-0.3, -0.25) is 0 Å². The van der Waals surface area contributed by atoms with Crippen LogP contribution in [-0.2, 0) is 0 Å². The zero-order valence-electron chi connectivity index (χ0n) is 8.16. The van der Waals surface area contributed by atoms with Gasteiger partial charge < -0.3 is 5.73 Å². The van der Waals surface area contributed by atoms with Crippen molar-refractivity contribution in [1.82, 2.24) is 20.2 Å². The highest BCUT2D eigenvalue weighted by atomic mass is 32.1. The lowest BCUT2D eigenvalue weighted by Crippen LogP contribution is -1.92. The van der Waals surface area contributed by atoms with Crippen LogP contribution in [0.2, 0.25) is 0 Å². The summed E-state index contributed by atoms with van der Waals surface area (Å²) < 4.78 is 0. The van der Waals surface area contributed by atoms with Crippen molar-refractivity contribution in [3.8, 4) is 11.4 Å². The smallest absolute Gasteiger partial charge is 0.213 e. The van der Waals surface area contributed by atoms with Crippen molar-refractivity contribution >= 4 is 26.9 Å². The molecule has 1 aromatic carbocycles. The van der Waals surface area contributed by atoms with Crippen LogP contribution in [0.4, 0.5) is 5.13 Å². The molecule has 0 unspecified atom stereocenters. The zero-order chi connectivity index (χ0) is 11.0. The van der Waals surface area contributed by atoms with E-state index in [-0.39, 0.29) is 0 Å². The Bertz CT molecular complexity index is 634. The standard InChI is InChI=1S/C10H7N5S/c11-10-13-8-9(16-10)12-7(14-15-8)6-4-2-1-3-5-6/h1-5H,(H2,11,13,15). The molecule has 0 bridgehead atoms. The lowest BCUT2D eigenvalue weighted by molar-refractivity contribution is 1.02. The van der Waals surface area contributed by atoms with Crippen LogP contribution >= 0.6 is 11.3 Å². The predicted molar refractivity (Wildman–Crippen MR) is 62.9 cm³/mol. The normalized spacial score (nSPS) is 10.8. The Labute approximate surface area is 95.0 Å². The first-order valence-corrected chi connectivity index (χ1v) is 5.47. The first-order valence-electron chi connectivity index (χ1n) is 4.65. The predicted octanol–water partition coefficient (Wildman–Crippen LogP) is 1.73. The van der Waals surface area contributed by atoms with Crippen molar-refractivity contribution in [2.24, 2.45) is 0 Å². The molecular weight excluding hydrogens is 222 g/mol. The summed E-state index contributed by atoms with van der Waals surface area (Å²) in [6.45, 7) is 0. The fourth-order valence-electron chi connectivity index (χ4n) is 1.38. The molecule has 3 rings (SSSR count). The van der Waals surface area contributed by atoms with Gasteiger partial charge in [0.25, 0.3) is 0 Å². The number of aromatic nitrogens is 4. The van der Waals surface area contributed by atoms with Gasteiger partial charge in [-0.25, -0.2) is 4.98 Å². The van der Waals surface area contributed by atoms with Crippen LogP contribution in [0.5, 0.6) is 0 Å². The molecule has 2 heterocycles. The Morgan fingerprint density at radius 1 is 1.00 bits per heavy atom. The zero-order valence-corrected chi connectivity index (χ0v) is 8.98. The quantitative estimate of drug-likeness (QED) is 0.687. The third-order valence-corrected chi connectivity index (χ3v) is 2.86. The third kappa shape index (κ3) is 1.49. The summed E-state index contributed by atoms with van der Waals surface area (Å²) in [6.07, 6.45) is 0. The number of nitrogens with zero attached hydrogens (tertiary/aromatic N) is 4. The molecule has 6 heteroatoms. The average Bonchev–Trinajstić information content (AvgIpc) is 2.69. The molecule has 2 N–H and O–H groups in total. The number of nitrogens with two attached hydrogens (primary N) is 1. The fraction of sp³-hybridized carbons (Fsp3) is 0. The third-order valence-electron chi connectivity index (χ3n) is 2.09. The Morgan fingerprint density at radius 3 is 2.62 bits per heavy atom. The van der Waals surface area contributed by atoms with Crippen LogP contribution in [-0.4, -0.2) is 20.2 Å². The van der Waals surface area contributed by atoms with Gasteiger partial charge in [-0.2, -0.15) is 4.98 Å². The molecule has 0 saturated heterocycles. The highest BCUT2D eigenvalue weighted by Crippen LogP contribution is 2.22. The molecule has 3 aromatic rings. The van der Waals surface area contributed by atoms with E-state index in [9.17, 15) is 0 Å².